The number of hydrogen-bond donors (Lipinski definition) is 1. The zero-order chi connectivity index (χ0) is 23.6. The van der Waals surface area contributed by atoms with Gasteiger partial charge >= 0.3 is 16.0 Å². The topological polar surface area (TPSA) is 162 Å². The highest BCUT2D eigenvalue weighted by Crippen LogP contribution is 2.33. The minimum Gasteiger partial charge on any atom is -0.449 e. The van der Waals surface area contributed by atoms with E-state index >= 15 is 0 Å². The number of carbonyl (C=O) groups excluding carboxylic acids is 1. The molecule has 31 heavy (non-hydrogen) atoms. The standard InChI is InChI=1S/C16H19ClN4O8S2/c1-20(2)12-9-13(10-6-5-7-11(17)8-10)27-14(12)15(22)21(29-31(4,25)26)16(18)19-28-30(3,23)24/h5-9H,1-4H3,(H2,18,19). The number of rotatable bonds is 7. The van der Waals surface area contributed by atoms with E-state index in [-0.39, 0.29) is 22.3 Å². The molecule has 15 heteroatoms. The van der Waals surface area contributed by atoms with Crippen LogP contribution in [0.15, 0.2) is 39.9 Å². The molecule has 1 amide bonds. The van der Waals surface area contributed by atoms with Gasteiger partial charge in [0.05, 0.1) is 18.2 Å². The van der Waals surface area contributed by atoms with E-state index < -0.39 is 32.1 Å². The number of hydroxylamine groups is 2. The highest BCUT2D eigenvalue weighted by atomic mass is 35.5. The number of guanidine groups is 1. The van der Waals surface area contributed by atoms with E-state index in [2.05, 4.69) is 13.7 Å². The predicted octanol–water partition coefficient (Wildman–Crippen LogP) is 1.21. The fraction of sp³-hybridized carbons (Fsp3) is 0.250. The van der Waals surface area contributed by atoms with Crippen LogP contribution in [0.2, 0.25) is 5.02 Å². The van der Waals surface area contributed by atoms with Crippen LogP contribution in [-0.2, 0) is 28.8 Å². The van der Waals surface area contributed by atoms with Gasteiger partial charge in [-0.15, -0.1) is 9.35 Å². The molecular weight excluding hydrogens is 476 g/mol. The first-order chi connectivity index (χ1) is 14.2. The van der Waals surface area contributed by atoms with Crippen LogP contribution in [0.3, 0.4) is 0 Å². The number of furan rings is 1. The third-order valence-electron chi connectivity index (χ3n) is 3.37. The molecule has 2 N–H and O–H groups in total. The van der Waals surface area contributed by atoms with E-state index in [1.807, 2.05) is 0 Å². The molecule has 170 valence electrons. The van der Waals surface area contributed by atoms with Crippen LogP contribution >= 0.6 is 11.6 Å². The first-order valence-corrected chi connectivity index (χ1v) is 12.2. The first kappa shape index (κ1) is 24.5. The Morgan fingerprint density at radius 2 is 1.77 bits per heavy atom. The third-order valence-corrected chi connectivity index (χ3v) is 4.37. The number of anilines is 1. The Bertz CT molecular complexity index is 1220. The van der Waals surface area contributed by atoms with Crippen molar-refractivity contribution in [3.05, 3.63) is 41.1 Å². The molecule has 0 aliphatic rings. The van der Waals surface area contributed by atoms with Crippen LogP contribution < -0.4 is 10.6 Å². The molecule has 1 aromatic carbocycles. The van der Waals surface area contributed by atoms with Gasteiger partial charge in [0.2, 0.25) is 5.76 Å². The van der Waals surface area contributed by atoms with Crippen LogP contribution in [0, 0.1) is 0 Å². The summed E-state index contributed by atoms with van der Waals surface area (Å²) in [7, 11) is -5.18. The summed E-state index contributed by atoms with van der Waals surface area (Å²) in [6, 6.07) is 8.10. The molecule has 0 saturated carbocycles. The lowest BCUT2D eigenvalue weighted by molar-refractivity contribution is 0.0163. The zero-order valence-electron chi connectivity index (χ0n) is 16.8. The highest BCUT2D eigenvalue weighted by Gasteiger charge is 2.32. The molecule has 12 nitrogen and oxygen atoms in total. The van der Waals surface area contributed by atoms with Crippen LogP contribution in [0.5, 0.6) is 0 Å². The second-order valence-electron chi connectivity index (χ2n) is 6.34. The average molecular weight is 495 g/mol. The van der Waals surface area contributed by atoms with Gasteiger partial charge in [-0.3, -0.25) is 9.08 Å². The van der Waals surface area contributed by atoms with Crippen molar-refractivity contribution in [2.24, 2.45) is 10.9 Å². The number of nitrogens with two attached hydrogens (primary N) is 1. The minimum atomic E-state index is -4.29. The maximum Gasteiger partial charge on any atom is 0.325 e. The van der Waals surface area contributed by atoms with Crippen LogP contribution in [0.1, 0.15) is 10.6 Å². The lowest BCUT2D eigenvalue weighted by Crippen LogP contribution is -2.43. The molecule has 0 spiro atoms. The van der Waals surface area contributed by atoms with Crippen molar-refractivity contribution in [2.75, 3.05) is 31.5 Å². The van der Waals surface area contributed by atoms with Gasteiger partial charge in [-0.05, 0) is 17.3 Å². The molecule has 2 rings (SSSR count). The number of carbonyl (C=O) groups is 1. The molecule has 0 aliphatic heterocycles. The smallest absolute Gasteiger partial charge is 0.325 e. The Balaban J connectivity index is 2.57. The normalized spacial score (nSPS) is 12.5. The molecule has 2 aromatic rings. The van der Waals surface area contributed by atoms with Gasteiger partial charge in [-0.2, -0.15) is 16.8 Å². The van der Waals surface area contributed by atoms with Gasteiger partial charge < -0.3 is 15.1 Å². The number of halogens is 1. The van der Waals surface area contributed by atoms with E-state index in [4.69, 9.17) is 21.8 Å². The van der Waals surface area contributed by atoms with Gasteiger partial charge in [-0.25, -0.2) is 0 Å². The SMILES string of the molecule is CN(C)c1cc(-c2cccc(Cl)c2)oc1C(=O)N(OS(C)(=O)=O)/C(N)=N/OS(C)(=O)=O. The summed E-state index contributed by atoms with van der Waals surface area (Å²) in [5.41, 5.74) is 6.31. The van der Waals surface area contributed by atoms with E-state index in [0.717, 1.165) is 0 Å². The average Bonchev–Trinajstić information content (AvgIpc) is 3.08. The van der Waals surface area contributed by atoms with E-state index in [9.17, 15) is 21.6 Å². The Morgan fingerprint density at radius 3 is 2.29 bits per heavy atom. The van der Waals surface area contributed by atoms with Gasteiger partial charge in [0.25, 0.3) is 16.1 Å². The maximum absolute atomic E-state index is 13.0. The number of oxime groups is 1. The molecule has 0 bridgehead atoms. The molecule has 1 aromatic heterocycles. The van der Waals surface area contributed by atoms with Crippen molar-refractivity contribution in [3.63, 3.8) is 0 Å². The number of amides is 1. The molecule has 1 heterocycles. The molecule has 0 unspecified atom stereocenters. The van der Waals surface area contributed by atoms with Gasteiger partial charge in [0, 0.05) is 30.7 Å². The second-order valence-corrected chi connectivity index (χ2v) is 9.89. The molecule has 0 atom stereocenters. The largest absolute Gasteiger partial charge is 0.449 e. The number of hydrogen-bond acceptors (Lipinski definition) is 10. The quantitative estimate of drug-likeness (QED) is 0.336. The Kier molecular flexibility index (Phi) is 7.21. The highest BCUT2D eigenvalue weighted by molar-refractivity contribution is 7.86. The fourth-order valence-electron chi connectivity index (χ4n) is 2.20. The van der Waals surface area contributed by atoms with Crippen LogP contribution in [0.4, 0.5) is 5.69 Å². The van der Waals surface area contributed by atoms with E-state index in [0.29, 0.717) is 23.1 Å². The molecule has 0 saturated heterocycles. The van der Waals surface area contributed by atoms with Crippen molar-refractivity contribution in [3.8, 4) is 11.3 Å². The van der Waals surface area contributed by atoms with Crippen molar-refractivity contribution < 1.29 is 34.6 Å². The predicted molar refractivity (Wildman–Crippen MR) is 113 cm³/mol. The van der Waals surface area contributed by atoms with Gasteiger partial charge in [-0.1, -0.05) is 23.7 Å². The van der Waals surface area contributed by atoms with Crippen LogP contribution in [-0.4, -0.2) is 60.4 Å². The van der Waals surface area contributed by atoms with E-state index in [1.165, 1.54) is 11.0 Å². The maximum atomic E-state index is 13.0. The number of benzene rings is 1. The summed E-state index contributed by atoms with van der Waals surface area (Å²) < 4.78 is 59.9. The van der Waals surface area contributed by atoms with Gasteiger partial charge in [0.15, 0.2) is 0 Å². The summed E-state index contributed by atoms with van der Waals surface area (Å²) in [4.78, 5) is 14.6. The fourth-order valence-corrected chi connectivity index (χ4v) is 3.01. The van der Waals surface area contributed by atoms with E-state index in [1.54, 1.807) is 38.4 Å². The van der Waals surface area contributed by atoms with Crippen molar-refractivity contribution in [2.45, 2.75) is 0 Å². The lowest BCUT2D eigenvalue weighted by Gasteiger charge is -2.18. The molecule has 0 aliphatic carbocycles. The summed E-state index contributed by atoms with van der Waals surface area (Å²) in [6.07, 6.45) is 1.31. The Morgan fingerprint density at radius 1 is 1.13 bits per heavy atom. The first-order valence-electron chi connectivity index (χ1n) is 8.21. The summed E-state index contributed by atoms with van der Waals surface area (Å²) in [5.74, 6) is -2.34. The summed E-state index contributed by atoms with van der Waals surface area (Å²) >= 11 is 5.99. The third kappa shape index (κ3) is 6.85. The van der Waals surface area contributed by atoms with Crippen molar-refractivity contribution >= 4 is 49.4 Å². The van der Waals surface area contributed by atoms with Gasteiger partial charge in [0.1, 0.15) is 5.76 Å². The van der Waals surface area contributed by atoms with Crippen LogP contribution in [0.25, 0.3) is 11.3 Å². The minimum absolute atomic E-state index is 0.0358. The molecule has 0 fully saturated rings. The monoisotopic (exact) mass is 494 g/mol. The Hall–Kier alpha value is -2.81. The summed E-state index contributed by atoms with van der Waals surface area (Å²) in [6.45, 7) is 0. The molecule has 0 radical (unpaired) electrons. The van der Waals surface area contributed by atoms with Crippen molar-refractivity contribution in [1.29, 1.82) is 0 Å². The number of nitrogens with zero attached hydrogens (tertiary/aromatic N) is 3. The van der Waals surface area contributed by atoms with Crippen molar-refractivity contribution in [1.82, 2.24) is 5.06 Å². The summed E-state index contributed by atoms with van der Waals surface area (Å²) in [5, 5.41) is 3.48. The molecular formula is C16H19ClN4O8S2. The second kappa shape index (κ2) is 9.13. The Labute approximate surface area is 183 Å². The lowest BCUT2D eigenvalue weighted by atomic mass is 10.2. The zero-order valence-corrected chi connectivity index (χ0v) is 19.2.